The van der Waals surface area contributed by atoms with Crippen LogP contribution in [0.25, 0.3) is 21.3 Å². The molecule has 2 aromatic heterocycles. The van der Waals surface area contributed by atoms with Crippen LogP contribution in [0.5, 0.6) is 0 Å². The SMILES string of the molecule is O=C(NCc1ccc(-c2ccccc2)cc1)c1nc2sc3c(c2c(=O)[nH]1)CCC3. The van der Waals surface area contributed by atoms with Crippen molar-refractivity contribution in [3.63, 3.8) is 0 Å². The molecule has 5 nitrogen and oxygen atoms in total. The third-order valence-corrected chi connectivity index (χ3v) is 6.49. The third-order valence-electron chi connectivity index (χ3n) is 5.30. The fraction of sp³-hybridized carbons (Fsp3) is 0.174. The lowest BCUT2D eigenvalue weighted by Crippen LogP contribution is -2.27. The molecule has 6 heteroatoms. The number of rotatable bonds is 4. The van der Waals surface area contributed by atoms with Crippen LogP contribution < -0.4 is 10.9 Å². The maximum absolute atomic E-state index is 12.5. The van der Waals surface area contributed by atoms with Gasteiger partial charge in [0, 0.05) is 11.4 Å². The van der Waals surface area contributed by atoms with Crippen LogP contribution in [0.1, 0.15) is 33.0 Å². The number of fused-ring (bicyclic) bond motifs is 3. The Bertz CT molecular complexity index is 1260. The van der Waals surface area contributed by atoms with E-state index in [1.54, 1.807) is 0 Å². The number of amides is 1. The topological polar surface area (TPSA) is 74.8 Å². The summed E-state index contributed by atoms with van der Waals surface area (Å²) in [4.78, 5) is 34.0. The molecular formula is C23H19N3O2S. The number of aryl methyl sites for hydroxylation is 2. The maximum atomic E-state index is 12.5. The lowest BCUT2D eigenvalue weighted by Gasteiger charge is -2.07. The minimum atomic E-state index is -0.371. The van der Waals surface area contributed by atoms with E-state index in [0.29, 0.717) is 16.8 Å². The number of nitrogens with zero attached hydrogens (tertiary/aromatic N) is 1. The van der Waals surface area contributed by atoms with Crippen LogP contribution in [0.2, 0.25) is 0 Å². The summed E-state index contributed by atoms with van der Waals surface area (Å²) in [7, 11) is 0. The number of carbonyl (C=O) groups excluding carboxylic acids is 1. The van der Waals surface area contributed by atoms with Crippen LogP contribution >= 0.6 is 11.3 Å². The molecule has 2 aromatic carbocycles. The molecule has 0 saturated carbocycles. The van der Waals surface area contributed by atoms with Gasteiger partial charge in [-0.2, -0.15) is 0 Å². The van der Waals surface area contributed by atoms with Gasteiger partial charge in [0.2, 0.25) is 5.82 Å². The minimum absolute atomic E-state index is 0.0725. The molecule has 1 amide bonds. The molecule has 0 saturated heterocycles. The first-order valence-corrected chi connectivity index (χ1v) is 10.5. The van der Waals surface area contributed by atoms with Crippen molar-refractivity contribution in [3.05, 3.63) is 86.8 Å². The molecule has 4 aromatic rings. The monoisotopic (exact) mass is 401 g/mol. The number of aromatic amines is 1. The molecule has 0 radical (unpaired) electrons. The zero-order valence-electron chi connectivity index (χ0n) is 15.7. The number of benzene rings is 2. The smallest absolute Gasteiger partial charge is 0.287 e. The Hall–Kier alpha value is -3.25. The fourth-order valence-electron chi connectivity index (χ4n) is 3.82. The largest absolute Gasteiger partial charge is 0.345 e. The third kappa shape index (κ3) is 3.36. The molecule has 144 valence electrons. The first-order chi connectivity index (χ1) is 14.2. The van der Waals surface area contributed by atoms with Crippen molar-refractivity contribution in [2.24, 2.45) is 0 Å². The second-order valence-electron chi connectivity index (χ2n) is 7.20. The van der Waals surface area contributed by atoms with E-state index >= 15 is 0 Å². The molecule has 1 aliphatic rings. The summed E-state index contributed by atoms with van der Waals surface area (Å²) < 4.78 is 0. The van der Waals surface area contributed by atoms with Crippen molar-refractivity contribution in [2.75, 3.05) is 0 Å². The first kappa shape index (κ1) is 17.8. The van der Waals surface area contributed by atoms with E-state index in [9.17, 15) is 9.59 Å². The van der Waals surface area contributed by atoms with Gasteiger partial charge in [-0.15, -0.1) is 11.3 Å². The molecule has 5 rings (SSSR count). The van der Waals surface area contributed by atoms with E-state index in [2.05, 4.69) is 27.4 Å². The summed E-state index contributed by atoms with van der Waals surface area (Å²) in [6.45, 7) is 0.372. The van der Waals surface area contributed by atoms with Gasteiger partial charge in [0.25, 0.3) is 11.5 Å². The van der Waals surface area contributed by atoms with Gasteiger partial charge < -0.3 is 10.3 Å². The Morgan fingerprint density at radius 2 is 1.79 bits per heavy atom. The van der Waals surface area contributed by atoms with E-state index in [0.717, 1.165) is 41.5 Å². The summed E-state index contributed by atoms with van der Waals surface area (Å²) in [5.74, 6) is -0.298. The predicted octanol–water partition coefficient (Wildman–Crippen LogP) is 4.07. The number of hydrogen-bond acceptors (Lipinski definition) is 4. The van der Waals surface area contributed by atoms with Crippen molar-refractivity contribution >= 4 is 27.5 Å². The highest BCUT2D eigenvalue weighted by molar-refractivity contribution is 7.18. The van der Waals surface area contributed by atoms with Crippen LogP contribution in [0, 0.1) is 0 Å². The van der Waals surface area contributed by atoms with Crippen LogP contribution in [-0.2, 0) is 19.4 Å². The summed E-state index contributed by atoms with van der Waals surface area (Å²) in [6, 6.07) is 18.2. The van der Waals surface area contributed by atoms with E-state index in [4.69, 9.17) is 0 Å². The molecule has 29 heavy (non-hydrogen) atoms. The number of nitrogens with one attached hydrogen (secondary N) is 2. The van der Waals surface area contributed by atoms with Crippen LogP contribution in [-0.4, -0.2) is 15.9 Å². The Morgan fingerprint density at radius 3 is 2.59 bits per heavy atom. The Kier molecular flexibility index (Phi) is 4.48. The lowest BCUT2D eigenvalue weighted by molar-refractivity contribution is 0.0940. The van der Waals surface area contributed by atoms with Gasteiger partial charge in [-0.1, -0.05) is 54.6 Å². The molecule has 1 aliphatic carbocycles. The Balaban J connectivity index is 1.31. The van der Waals surface area contributed by atoms with Gasteiger partial charge in [0.05, 0.1) is 5.39 Å². The van der Waals surface area contributed by atoms with E-state index in [1.807, 2.05) is 42.5 Å². The molecule has 0 aliphatic heterocycles. The van der Waals surface area contributed by atoms with Crippen LogP contribution in [0.3, 0.4) is 0 Å². The number of carbonyl (C=O) groups is 1. The number of H-pyrrole nitrogens is 1. The number of thiophene rings is 1. The second kappa shape index (κ2) is 7.29. The van der Waals surface area contributed by atoms with Crippen molar-refractivity contribution in [1.29, 1.82) is 0 Å². The van der Waals surface area contributed by atoms with E-state index in [-0.39, 0.29) is 17.3 Å². The molecule has 2 N–H and O–H groups in total. The molecule has 0 atom stereocenters. The second-order valence-corrected chi connectivity index (χ2v) is 8.28. The molecule has 0 bridgehead atoms. The predicted molar refractivity (Wildman–Crippen MR) is 115 cm³/mol. The zero-order chi connectivity index (χ0) is 19.8. The van der Waals surface area contributed by atoms with Crippen LogP contribution in [0.15, 0.2) is 59.4 Å². The molecule has 0 unspecified atom stereocenters. The summed E-state index contributed by atoms with van der Waals surface area (Å²) in [5, 5.41) is 3.51. The van der Waals surface area contributed by atoms with Gasteiger partial charge in [-0.05, 0) is 41.5 Å². The van der Waals surface area contributed by atoms with Gasteiger partial charge in [0.1, 0.15) is 4.83 Å². The summed E-state index contributed by atoms with van der Waals surface area (Å²) >= 11 is 1.53. The van der Waals surface area contributed by atoms with Gasteiger partial charge in [-0.3, -0.25) is 9.59 Å². The highest BCUT2D eigenvalue weighted by Crippen LogP contribution is 2.34. The summed E-state index contributed by atoms with van der Waals surface area (Å²) in [6.07, 6.45) is 3.00. The minimum Gasteiger partial charge on any atom is -0.345 e. The Morgan fingerprint density at radius 1 is 1.03 bits per heavy atom. The molecule has 0 fully saturated rings. The maximum Gasteiger partial charge on any atom is 0.287 e. The average molecular weight is 401 g/mol. The normalized spacial score (nSPS) is 12.8. The van der Waals surface area contributed by atoms with Crippen molar-refractivity contribution in [3.8, 4) is 11.1 Å². The first-order valence-electron chi connectivity index (χ1n) is 9.66. The van der Waals surface area contributed by atoms with E-state index in [1.165, 1.54) is 16.2 Å². The fourth-order valence-corrected chi connectivity index (χ4v) is 5.08. The van der Waals surface area contributed by atoms with Crippen LogP contribution in [0.4, 0.5) is 0 Å². The van der Waals surface area contributed by atoms with Gasteiger partial charge in [-0.25, -0.2) is 4.98 Å². The van der Waals surface area contributed by atoms with Gasteiger partial charge in [0.15, 0.2) is 0 Å². The zero-order valence-corrected chi connectivity index (χ0v) is 16.5. The molecular weight excluding hydrogens is 382 g/mol. The molecule has 2 heterocycles. The molecule has 0 spiro atoms. The average Bonchev–Trinajstić information content (AvgIpc) is 3.34. The van der Waals surface area contributed by atoms with Crippen molar-refractivity contribution < 1.29 is 4.79 Å². The van der Waals surface area contributed by atoms with Gasteiger partial charge >= 0.3 is 0 Å². The number of aromatic nitrogens is 2. The summed E-state index contributed by atoms with van der Waals surface area (Å²) in [5.41, 5.74) is 4.16. The van der Waals surface area contributed by atoms with Crippen molar-refractivity contribution in [1.82, 2.24) is 15.3 Å². The van der Waals surface area contributed by atoms with E-state index < -0.39 is 0 Å². The van der Waals surface area contributed by atoms with Crippen molar-refractivity contribution in [2.45, 2.75) is 25.8 Å². The quantitative estimate of drug-likeness (QED) is 0.541. The lowest BCUT2D eigenvalue weighted by atomic mass is 10.0. The number of hydrogen-bond donors (Lipinski definition) is 2. The standard InChI is InChI=1S/C23H19N3O2S/c27-21-19-17-7-4-8-18(17)29-23(19)26-20(25-21)22(28)24-13-14-9-11-16(12-10-14)15-5-2-1-3-6-15/h1-3,5-6,9-12H,4,7-8,13H2,(H,24,28)(H,25,26,27). The Labute approximate surface area is 171 Å². The highest BCUT2D eigenvalue weighted by atomic mass is 32.1. The highest BCUT2D eigenvalue weighted by Gasteiger charge is 2.22.